The van der Waals surface area contributed by atoms with Crippen LogP contribution in [-0.4, -0.2) is 55.0 Å². The summed E-state index contributed by atoms with van der Waals surface area (Å²) in [6.45, 7) is 6.45. The lowest BCUT2D eigenvalue weighted by atomic mass is 10.1. The number of rotatable bonds is 3. The van der Waals surface area contributed by atoms with Crippen LogP contribution in [0.2, 0.25) is 5.02 Å². The largest absolute Gasteiger partial charge is 0.379 e. The van der Waals surface area contributed by atoms with E-state index in [2.05, 4.69) is 38.4 Å². The van der Waals surface area contributed by atoms with Gasteiger partial charge < -0.3 is 15.0 Å². The molecule has 0 spiro atoms. The summed E-state index contributed by atoms with van der Waals surface area (Å²) in [6.07, 6.45) is 4.17. The number of morpholine rings is 1. The molecule has 0 aliphatic carbocycles. The van der Waals surface area contributed by atoms with Gasteiger partial charge >= 0.3 is 0 Å². The fourth-order valence-electron chi connectivity index (χ4n) is 3.29. The molecule has 6 heteroatoms. The molecule has 3 aliphatic rings. The Morgan fingerprint density at radius 2 is 2.00 bits per heavy atom. The molecule has 24 heavy (non-hydrogen) atoms. The van der Waals surface area contributed by atoms with Crippen molar-refractivity contribution in [2.24, 2.45) is 4.99 Å². The molecule has 1 atom stereocenters. The second-order valence-electron chi connectivity index (χ2n) is 6.26. The Balaban J connectivity index is 1.69. The van der Waals surface area contributed by atoms with E-state index < -0.39 is 0 Å². The molecule has 1 unspecified atom stereocenters. The Labute approximate surface area is 147 Å². The van der Waals surface area contributed by atoms with E-state index in [-0.39, 0.29) is 6.17 Å². The van der Waals surface area contributed by atoms with Crippen LogP contribution in [0.25, 0.3) is 5.70 Å². The highest BCUT2D eigenvalue weighted by molar-refractivity contribution is 6.30. The third-order valence-electron chi connectivity index (χ3n) is 4.55. The number of allylic oxidation sites excluding steroid dienone is 1. The van der Waals surface area contributed by atoms with Crippen molar-refractivity contribution in [1.82, 2.24) is 15.1 Å². The minimum atomic E-state index is 0.0791. The number of halogens is 1. The molecule has 126 valence electrons. The zero-order chi connectivity index (χ0) is 16.5. The second-order valence-corrected chi connectivity index (χ2v) is 6.70. The topological polar surface area (TPSA) is 40.1 Å². The molecular formula is C18H21ClN4O. The number of aliphatic imine (C=N–C) groups is 1. The van der Waals surface area contributed by atoms with E-state index >= 15 is 0 Å². The standard InChI is InChI=1S/C18H21ClN4O/c1-13-11-23-16(12-22-6-8-24-9-7-22)18(21-17(23)10-20-13)14-2-4-15(19)5-3-14/h2-5,10-11,17,21H,6-9,12H2,1H3. The zero-order valence-electron chi connectivity index (χ0n) is 13.7. The molecule has 0 saturated carbocycles. The number of nitrogens with zero attached hydrogens (tertiary/aromatic N) is 3. The van der Waals surface area contributed by atoms with Crippen molar-refractivity contribution in [2.45, 2.75) is 13.1 Å². The minimum absolute atomic E-state index is 0.0791. The smallest absolute Gasteiger partial charge is 0.140 e. The van der Waals surface area contributed by atoms with Crippen molar-refractivity contribution in [3.8, 4) is 0 Å². The van der Waals surface area contributed by atoms with Gasteiger partial charge in [0.2, 0.25) is 0 Å². The number of ether oxygens (including phenoxy) is 1. The van der Waals surface area contributed by atoms with Crippen LogP contribution < -0.4 is 5.32 Å². The lowest BCUT2D eigenvalue weighted by Gasteiger charge is -2.31. The van der Waals surface area contributed by atoms with Crippen LogP contribution in [0.1, 0.15) is 12.5 Å². The first-order valence-corrected chi connectivity index (χ1v) is 8.65. The minimum Gasteiger partial charge on any atom is -0.379 e. The Morgan fingerprint density at radius 1 is 1.25 bits per heavy atom. The van der Waals surface area contributed by atoms with E-state index in [9.17, 15) is 0 Å². The van der Waals surface area contributed by atoms with Gasteiger partial charge in [-0.05, 0) is 24.6 Å². The molecule has 0 radical (unpaired) electrons. The Kier molecular flexibility index (Phi) is 4.31. The first-order valence-electron chi connectivity index (χ1n) is 8.27. The molecule has 0 aromatic heterocycles. The van der Waals surface area contributed by atoms with Gasteiger partial charge in [0.25, 0.3) is 0 Å². The average molecular weight is 345 g/mol. The van der Waals surface area contributed by atoms with Crippen molar-refractivity contribution >= 4 is 23.5 Å². The van der Waals surface area contributed by atoms with Gasteiger partial charge in [0.15, 0.2) is 0 Å². The van der Waals surface area contributed by atoms with Crippen LogP contribution in [-0.2, 0) is 4.74 Å². The molecule has 0 bridgehead atoms. The number of hydrogen-bond donors (Lipinski definition) is 1. The van der Waals surface area contributed by atoms with Gasteiger partial charge in [-0.3, -0.25) is 9.89 Å². The van der Waals surface area contributed by atoms with Crippen LogP contribution in [0, 0.1) is 0 Å². The van der Waals surface area contributed by atoms with E-state index in [1.54, 1.807) is 0 Å². The van der Waals surface area contributed by atoms with Gasteiger partial charge in [0.05, 0.1) is 30.3 Å². The van der Waals surface area contributed by atoms with E-state index in [4.69, 9.17) is 16.3 Å². The third kappa shape index (κ3) is 3.07. The Hall–Kier alpha value is -1.82. The lowest BCUT2D eigenvalue weighted by Crippen LogP contribution is -2.42. The van der Waals surface area contributed by atoms with E-state index in [1.807, 2.05) is 25.3 Å². The average Bonchev–Trinajstić information content (AvgIpc) is 2.94. The molecule has 3 heterocycles. The fourth-order valence-corrected chi connectivity index (χ4v) is 3.41. The van der Waals surface area contributed by atoms with E-state index in [1.165, 1.54) is 5.70 Å². The van der Waals surface area contributed by atoms with Crippen molar-refractivity contribution in [3.63, 3.8) is 0 Å². The molecule has 1 saturated heterocycles. The van der Waals surface area contributed by atoms with Crippen LogP contribution >= 0.6 is 11.6 Å². The lowest BCUT2D eigenvalue weighted by molar-refractivity contribution is 0.0402. The van der Waals surface area contributed by atoms with Crippen molar-refractivity contribution in [1.29, 1.82) is 0 Å². The quantitative estimate of drug-likeness (QED) is 0.914. The molecule has 5 nitrogen and oxygen atoms in total. The molecule has 3 aliphatic heterocycles. The van der Waals surface area contributed by atoms with Crippen molar-refractivity contribution in [2.75, 3.05) is 32.8 Å². The van der Waals surface area contributed by atoms with Crippen LogP contribution in [0.15, 0.2) is 46.9 Å². The van der Waals surface area contributed by atoms with Crippen molar-refractivity contribution in [3.05, 3.63) is 52.4 Å². The van der Waals surface area contributed by atoms with Gasteiger partial charge in [-0.15, -0.1) is 0 Å². The summed E-state index contributed by atoms with van der Waals surface area (Å²) in [6, 6.07) is 8.00. The molecule has 4 rings (SSSR count). The van der Waals surface area contributed by atoms with Crippen molar-refractivity contribution < 1.29 is 4.74 Å². The molecular weight excluding hydrogens is 324 g/mol. The van der Waals surface area contributed by atoms with Gasteiger partial charge in [0.1, 0.15) is 6.17 Å². The first-order chi connectivity index (χ1) is 11.7. The number of nitrogens with one attached hydrogen (secondary N) is 1. The molecule has 1 N–H and O–H groups in total. The fraction of sp³-hybridized carbons (Fsp3) is 0.389. The summed E-state index contributed by atoms with van der Waals surface area (Å²) in [4.78, 5) is 9.18. The predicted molar refractivity (Wildman–Crippen MR) is 96.6 cm³/mol. The molecule has 1 fully saturated rings. The molecule has 1 aromatic rings. The third-order valence-corrected chi connectivity index (χ3v) is 4.80. The van der Waals surface area contributed by atoms with E-state index in [0.29, 0.717) is 0 Å². The highest BCUT2D eigenvalue weighted by Crippen LogP contribution is 2.31. The maximum absolute atomic E-state index is 6.05. The summed E-state index contributed by atoms with van der Waals surface area (Å²) in [5.41, 5.74) is 4.59. The van der Waals surface area contributed by atoms with Crippen LogP contribution in [0.3, 0.4) is 0 Å². The normalized spacial score (nSPS) is 24.0. The summed E-state index contributed by atoms with van der Waals surface area (Å²) in [5.74, 6) is 0. The first kappa shape index (κ1) is 15.7. The SMILES string of the molecule is CC1=CN2C(CN3CCOCC3)=C(c3ccc(Cl)cc3)NC2C=N1. The second kappa shape index (κ2) is 6.59. The Morgan fingerprint density at radius 3 is 2.75 bits per heavy atom. The monoisotopic (exact) mass is 344 g/mol. The number of fused-ring (bicyclic) bond motifs is 1. The summed E-state index contributed by atoms with van der Waals surface area (Å²) < 4.78 is 5.48. The predicted octanol–water partition coefficient (Wildman–Crippen LogP) is 2.52. The number of hydrogen-bond acceptors (Lipinski definition) is 5. The van der Waals surface area contributed by atoms with Gasteiger partial charge in [-0.2, -0.15) is 0 Å². The summed E-state index contributed by atoms with van der Waals surface area (Å²) in [5, 5.41) is 4.35. The maximum atomic E-state index is 6.05. The van der Waals surface area contributed by atoms with Crippen LogP contribution in [0.4, 0.5) is 0 Å². The van der Waals surface area contributed by atoms with Gasteiger partial charge in [-0.1, -0.05) is 23.7 Å². The summed E-state index contributed by atoms with van der Waals surface area (Å²) >= 11 is 6.05. The van der Waals surface area contributed by atoms with Gasteiger partial charge in [0, 0.05) is 37.1 Å². The van der Waals surface area contributed by atoms with E-state index in [0.717, 1.165) is 54.8 Å². The van der Waals surface area contributed by atoms with Gasteiger partial charge in [-0.25, -0.2) is 0 Å². The van der Waals surface area contributed by atoms with Crippen LogP contribution in [0.5, 0.6) is 0 Å². The molecule has 1 aromatic carbocycles. The zero-order valence-corrected chi connectivity index (χ0v) is 14.5. The molecule has 0 amide bonds. The Bertz CT molecular complexity index is 704. The highest BCUT2D eigenvalue weighted by atomic mass is 35.5. The maximum Gasteiger partial charge on any atom is 0.140 e. The summed E-state index contributed by atoms with van der Waals surface area (Å²) in [7, 11) is 0. The highest BCUT2D eigenvalue weighted by Gasteiger charge is 2.32. The number of benzene rings is 1.